The van der Waals surface area contributed by atoms with E-state index in [4.69, 9.17) is 27.9 Å². The predicted octanol–water partition coefficient (Wildman–Crippen LogP) is -1.25. The van der Waals surface area contributed by atoms with Gasteiger partial charge in [0.25, 0.3) is 5.91 Å². The summed E-state index contributed by atoms with van der Waals surface area (Å²) in [5, 5.41) is 14.1. The molecule has 9 heteroatoms. The molecular formula is C14H16Cl2NNaO4S. The van der Waals surface area contributed by atoms with Crippen molar-refractivity contribution in [3.05, 3.63) is 28.2 Å². The molecule has 0 spiro atoms. The van der Waals surface area contributed by atoms with Gasteiger partial charge in [0.05, 0.1) is 17.0 Å². The number of halogens is 2. The summed E-state index contributed by atoms with van der Waals surface area (Å²) in [7, 11) is 0. The molecule has 0 aliphatic heterocycles. The average Bonchev–Trinajstić information content (AvgIpc) is 2.45. The van der Waals surface area contributed by atoms with Crippen LogP contribution in [0.1, 0.15) is 13.3 Å². The Bertz CT molecular complexity index is 548. The molecule has 0 saturated carbocycles. The van der Waals surface area contributed by atoms with Gasteiger partial charge < -0.3 is 20.0 Å². The zero-order chi connectivity index (χ0) is 16.7. The van der Waals surface area contributed by atoms with Crippen LogP contribution in [-0.4, -0.2) is 36.0 Å². The summed E-state index contributed by atoms with van der Waals surface area (Å²) in [6.07, 6.45) is 1.22. The van der Waals surface area contributed by atoms with Gasteiger partial charge >= 0.3 is 29.6 Å². The number of benzene rings is 1. The molecule has 1 unspecified atom stereocenters. The van der Waals surface area contributed by atoms with Crippen molar-refractivity contribution >= 4 is 46.8 Å². The third kappa shape index (κ3) is 8.01. The zero-order valence-electron chi connectivity index (χ0n) is 13.1. The van der Waals surface area contributed by atoms with Gasteiger partial charge in [0.15, 0.2) is 6.10 Å². The number of carboxylic acids is 1. The number of rotatable bonds is 8. The van der Waals surface area contributed by atoms with Crippen LogP contribution in [0.25, 0.3) is 0 Å². The molecule has 0 aromatic heterocycles. The van der Waals surface area contributed by atoms with Crippen LogP contribution in [0, 0.1) is 0 Å². The first kappa shape index (κ1) is 22.9. The van der Waals surface area contributed by atoms with Gasteiger partial charge in [-0.2, -0.15) is 11.8 Å². The molecule has 5 nitrogen and oxygen atoms in total. The van der Waals surface area contributed by atoms with Crippen molar-refractivity contribution in [3.8, 4) is 5.75 Å². The Labute approximate surface area is 171 Å². The molecule has 0 radical (unpaired) electrons. The van der Waals surface area contributed by atoms with Crippen LogP contribution < -0.4 is 44.7 Å². The van der Waals surface area contributed by atoms with E-state index in [9.17, 15) is 14.7 Å². The van der Waals surface area contributed by atoms with Crippen LogP contribution in [0.4, 0.5) is 0 Å². The molecule has 0 aliphatic carbocycles. The van der Waals surface area contributed by atoms with E-state index in [1.807, 2.05) is 6.26 Å². The first-order valence-corrected chi connectivity index (χ1v) is 8.62. The summed E-state index contributed by atoms with van der Waals surface area (Å²) in [6.45, 7) is 1.50. The van der Waals surface area contributed by atoms with Crippen molar-refractivity contribution in [2.45, 2.75) is 25.5 Å². The first-order chi connectivity index (χ1) is 10.3. The summed E-state index contributed by atoms with van der Waals surface area (Å²) in [6, 6.07) is 3.56. The van der Waals surface area contributed by atoms with Crippen LogP contribution in [-0.2, 0) is 9.59 Å². The largest absolute Gasteiger partial charge is 1.00 e. The third-order valence-corrected chi connectivity index (χ3v) is 3.95. The van der Waals surface area contributed by atoms with E-state index < -0.39 is 24.0 Å². The second-order valence-electron chi connectivity index (χ2n) is 4.50. The minimum absolute atomic E-state index is 0. The minimum atomic E-state index is -1.32. The van der Waals surface area contributed by atoms with Crippen LogP contribution in [0.2, 0.25) is 10.0 Å². The van der Waals surface area contributed by atoms with Gasteiger partial charge in [-0.15, -0.1) is 0 Å². The number of hydrogen-bond donors (Lipinski definition) is 1. The smallest absolute Gasteiger partial charge is 0.548 e. The van der Waals surface area contributed by atoms with Crippen molar-refractivity contribution in [2.75, 3.05) is 12.0 Å². The number of carboxylic acid groups (broad SMARTS) is 1. The SMILES string of the molecule is CSCC[C@H](NC(=O)C(C)Oc1ccc(Cl)cc1Cl)C(=O)[O-].[Na+]. The number of hydrogen-bond acceptors (Lipinski definition) is 5. The van der Waals surface area contributed by atoms with E-state index in [1.54, 1.807) is 12.1 Å². The second-order valence-corrected chi connectivity index (χ2v) is 6.33. The summed E-state index contributed by atoms with van der Waals surface area (Å²) >= 11 is 13.2. The Hall–Kier alpha value is -0.110. The second kappa shape index (κ2) is 11.4. The summed E-state index contributed by atoms with van der Waals surface area (Å²) < 4.78 is 5.43. The fourth-order valence-corrected chi connectivity index (χ4v) is 2.51. The average molecular weight is 388 g/mol. The molecule has 1 N–H and O–H groups in total. The van der Waals surface area contributed by atoms with Crippen LogP contribution in [0.15, 0.2) is 18.2 Å². The van der Waals surface area contributed by atoms with Crippen molar-refractivity contribution in [1.29, 1.82) is 0 Å². The normalized spacial score (nSPS) is 12.7. The van der Waals surface area contributed by atoms with E-state index >= 15 is 0 Å². The van der Waals surface area contributed by atoms with Gasteiger partial charge in [-0.25, -0.2) is 0 Å². The molecule has 1 aromatic carbocycles. The molecule has 0 saturated heterocycles. The molecule has 0 bridgehead atoms. The van der Waals surface area contributed by atoms with Gasteiger partial charge in [0.1, 0.15) is 5.75 Å². The van der Waals surface area contributed by atoms with Gasteiger partial charge in [0, 0.05) is 5.02 Å². The van der Waals surface area contributed by atoms with Gasteiger partial charge in [-0.3, -0.25) is 4.79 Å². The van der Waals surface area contributed by atoms with Crippen molar-refractivity contribution in [1.82, 2.24) is 5.32 Å². The number of carbonyl (C=O) groups is 2. The van der Waals surface area contributed by atoms with Crippen LogP contribution in [0.3, 0.4) is 0 Å². The number of carbonyl (C=O) groups excluding carboxylic acids is 2. The molecule has 23 heavy (non-hydrogen) atoms. The number of amides is 1. The zero-order valence-corrected chi connectivity index (χ0v) is 17.4. The van der Waals surface area contributed by atoms with E-state index in [0.29, 0.717) is 16.5 Å². The van der Waals surface area contributed by atoms with Gasteiger partial charge in [0.2, 0.25) is 0 Å². The summed E-state index contributed by atoms with van der Waals surface area (Å²) in [5.74, 6) is -0.986. The van der Waals surface area contributed by atoms with E-state index in [-0.39, 0.29) is 41.0 Å². The number of aliphatic carboxylic acids is 1. The number of nitrogens with one attached hydrogen (secondary N) is 1. The van der Waals surface area contributed by atoms with E-state index in [1.165, 1.54) is 24.8 Å². The fourth-order valence-electron chi connectivity index (χ4n) is 1.59. The molecule has 0 heterocycles. The molecule has 1 amide bonds. The maximum absolute atomic E-state index is 12.0. The predicted molar refractivity (Wildman–Crippen MR) is 86.5 cm³/mol. The maximum atomic E-state index is 12.0. The Morgan fingerprint density at radius 3 is 2.57 bits per heavy atom. The molecule has 122 valence electrons. The maximum Gasteiger partial charge on any atom is 1.00 e. The van der Waals surface area contributed by atoms with Crippen molar-refractivity contribution in [2.24, 2.45) is 0 Å². The summed E-state index contributed by atoms with van der Waals surface area (Å²) in [4.78, 5) is 23.0. The Balaban J connectivity index is 0.00000484. The van der Waals surface area contributed by atoms with Gasteiger partial charge in [-0.05, 0) is 43.6 Å². The molecular weight excluding hydrogens is 372 g/mol. The quantitative estimate of drug-likeness (QED) is 0.564. The topological polar surface area (TPSA) is 78.5 Å². The summed E-state index contributed by atoms with van der Waals surface area (Å²) in [5.41, 5.74) is 0. The standard InChI is InChI=1S/C14H17Cl2NO4S.Na/c1-8(21-12-4-3-9(15)7-10(12)16)13(18)17-11(14(19)20)5-6-22-2;/h3-4,7-8,11H,5-6H2,1-2H3,(H,17,18)(H,19,20);/q;+1/p-1/t8?,11-;/m0./s1. The van der Waals surface area contributed by atoms with E-state index in [2.05, 4.69) is 5.32 Å². The number of thioether (sulfide) groups is 1. The van der Waals surface area contributed by atoms with Crippen molar-refractivity contribution < 1.29 is 49.0 Å². The van der Waals surface area contributed by atoms with E-state index in [0.717, 1.165) is 0 Å². The molecule has 1 rings (SSSR count). The Morgan fingerprint density at radius 1 is 1.39 bits per heavy atom. The monoisotopic (exact) mass is 387 g/mol. The van der Waals surface area contributed by atoms with Crippen molar-refractivity contribution in [3.63, 3.8) is 0 Å². The first-order valence-electron chi connectivity index (χ1n) is 6.47. The number of ether oxygens (including phenoxy) is 1. The molecule has 0 fully saturated rings. The molecule has 1 aromatic rings. The molecule has 0 aliphatic rings. The fraction of sp³-hybridized carbons (Fsp3) is 0.429. The Morgan fingerprint density at radius 2 is 2.04 bits per heavy atom. The van der Waals surface area contributed by atoms with Crippen LogP contribution in [0.5, 0.6) is 5.75 Å². The third-order valence-electron chi connectivity index (χ3n) is 2.78. The minimum Gasteiger partial charge on any atom is -0.548 e. The van der Waals surface area contributed by atoms with Gasteiger partial charge in [-0.1, -0.05) is 23.2 Å². The molecule has 2 atom stereocenters. The Kier molecular flexibility index (Phi) is 11.4. The van der Waals surface area contributed by atoms with Crippen LogP contribution >= 0.6 is 35.0 Å².